The first-order chi connectivity index (χ1) is 56.2. The lowest BCUT2D eigenvalue weighted by molar-refractivity contribution is -0.161. The number of hydrogen-bond donors (Lipinski definition) is 4. The number of allylic oxidation sites excluding steroid dienone is 20. The van der Waals surface area contributed by atoms with Gasteiger partial charge in [-0.25, -0.2) is 9.13 Å². The molecule has 0 aromatic heterocycles. The number of hydrogen-bond acceptors (Lipinski definition) is 14. The minimum absolute atomic E-state index is 0.0966. The second-order valence-corrected chi connectivity index (χ2v) is 34.3. The van der Waals surface area contributed by atoms with Crippen LogP contribution in [0.2, 0.25) is 0 Å². The number of carbonyl (C=O) groups excluding carboxylic acids is 3. The first-order valence-electron chi connectivity index (χ1n) is 46.8. The maximum Gasteiger partial charge on any atom is 0.472 e. The van der Waals surface area contributed by atoms with Crippen LogP contribution in [0, 0.1) is 0 Å². The number of esters is 3. The molecule has 18 heteroatoms. The summed E-state index contributed by atoms with van der Waals surface area (Å²) in [7, 11) is -9.79. The fourth-order valence-electron chi connectivity index (χ4n) is 13.1. The van der Waals surface area contributed by atoms with Crippen LogP contribution in [0.25, 0.3) is 0 Å². The average molecular weight is 1660 g/mol. The molecule has 0 heterocycles. The smallest absolute Gasteiger partial charge is 0.463 e. The van der Waals surface area contributed by atoms with Gasteiger partial charge in [0, 0.05) is 19.3 Å². The quantitative estimate of drug-likeness (QED) is 0.0146. The second-order valence-electron chi connectivity index (χ2n) is 31.4. The molecule has 0 saturated heterocycles. The van der Waals surface area contributed by atoms with E-state index < -0.39 is 91.5 Å². The Morgan fingerprint density at radius 1 is 0.252 bits per heavy atom. The normalized spacial score (nSPS) is 14.3. The molecule has 4 N–H and O–H groups in total. The number of carbonyl (C=O) groups is 3. The van der Waals surface area contributed by atoms with Crippen molar-refractivity contribution in [3.8, 4) is 0 Å². The van der Waals surface area contributed by atoms with Gasteiger partial charge in [0.25, 0.3) is 0 Å². The Morgan fingerprint density at radius 2 is 0.461 bits per heavy atom. The fourth-order valence-corrected chi connectivity index (χ4v) is 14.6. The van der Waals surface area contributed by atoms with Crippen LogP contribution in [-0.4, -0.2) is 95.9 Å². The molecule has 0 aromatic rings. The summed E-state index contributed by atoms with van der Waals surface area (Å²) in [6.45, 7) is 2.58. The maximum atomic E-state index is 13.0. The van der Waals surface area contributed by atoms with Crippen LogP contribution in [0.4, 0.5) is 0 Å². The summed E-state index contributed by atoms with van der Waals surface area (Å²) in [4.78, 5) is 58.9. The molecule has 16 nitrogen and oxygen atoms in total. The summed E-state index contributed by atoms with van der Waals surface area (Å²) < 4.78 is 61.4. The van der Waals surface area contributed by atoms with Crippen LogP contribution < -0.4 is 0 Å². The minimum atomic E-state index is -4.93. The van der Waals surface area contributed by atoms with E-state index in [4.69, 9.17) is 32.3 Å². The van der Waals surface area contributed by atoms with E-state index in [1.807, 2.05) is 0 Å². The van der Waals surface area contributed by atoms with Gasteiger partial charge < -0.3 is 34.2 Å². The monoisotopic (exact) mass is 1660 g/mol. The molecule has 0 aliphatic heterocycles. The molecular formula is C97H172O16P2. The van der Waals surface area contributed by atoms with E-state index in [1.54, 1.807) is 0 Å². The van der Waals surface area contributed by atoms with Crippen LogP contribution >= 0.6 is 15.6 Å². The predicted molar refractivity (Wildman–Crippen MR) is 482 cm³/mol. The number of aliphatic hydroxyl groups is 2. The summed E-state index contributed by atoms with van der Waals surface area (Å²) in [6, 6.07) is 0. The van der Waals surface area contributed by atoms with Gasteiger partial charge >= 0.3 is 33.6 Å². The first-order valence-corrected chi connectivity index (χ1v) is 49.8. The Bertz CT molecular complexity index is 2570. The number of unbranched alkanes of at least 4 members (excludes halogenated alkanes) is 46. The van der Waals surface area contributed by atoms with Crippen LogP contribution in [-0.2, 0) is 55.8 Å². The topological polar surface area (TPSA) is 231 Å². The first kappa shape index (κ1) is 111. The Kier molecular flexibility index (Phi) is 86.1. The van der Waals surface area contributed by atoms with Gasteiger partial charge in [-0.2, -0.15) is 0 Å². The van der Waals surface area contributed by atoms with Crippen LogP contribution in [0.15, 0.2) is 122 Å². The average Bonchev–Trinajstić information content (AvgIpc) is 0.901. The van der Waals surface area contributed by atoms with Gasteiger partial charge in [-0.05, 0) is 135 Å². The van der Waals surface area contributed by atoms with Crippen molar-refractivity contribution in [2.24, 2.45) is 0 Å². The van der Waals surface area contributed by atoms with E-state index in [0.717, 1.165) is 128 Å². The zero-order valence-electron chi connectivity index (χ0n) is 73.4. The zero-order chi connectivity index (χ0) is 83.6. The molecule has 115 heavy (non-hydrogen) atoms. The van der Waals surface area contributed by atoms with E-state index in [9.17, 15) is 43.5 Å². The molecule has 0 bridgehead atoms. The summed E-state index contributed by atoms with van der Waals surface area (Å²) in [6.07, 6.45) is 110. The summed E-state index contributed by atoms with van der Waals surface area (Å²) in [5, 5.41) is 20.7. The largest absolute Gasteiger partial charge is 0.472 e. The highest BCUT2D eigenvalue weighted by Crippen LogP contribution is 2.45. The van der Waals surface area contributed by atoms with Crippen molar-refractivity contribution in [1.29, 1.82) is 0 Å². The van der Waals surface area contributed by atoms with E-state index in [2.05, 4.69) is 142 Å². The van der Waals surface area contributed by atoms with Crippen molar-refractivity contribution in [3.05, 3.63) is 122 Å². The second kappa shape index (κ2) is 89.2. The van der Waals surface area contributed by atoms with Crippen LogP contribution in [0.5, 0.6) is 0 Å². The highest BCUT2D eigenvalue weighted by Gasteiger charge is 2.30. The van der Waals surface area contributed by atoms with Gasteiger partial charge in [0.2, 0.25) is 0 Å². The molecule has 666 valence electrons. The van der Waals surface area contributed by atoms with Crippen molar-refractivity contribution in [1.82, 2.24) is 0 Å². The number of rotatable bonds is 89. The lowest BCUT2D eigenvalue weighted by Crippen LogP contribution is -2.30. The van der Waals surface area contributed by atoms with E-state index in [-0.39, 0.29) is 19.3 Å². The Balaban J connectivity index is 4.37. The number of phosphoric ester groups is 2. The van der Waals surface area contributed by atoms with Gasteiger partial charge in [0.05, 0.1) is 26.4 Å². The third kappa shape index (κ3) is 90.6. The summed E-state index contributed by atoms with van der Waals surface area (Å²) in [5.41, 5.74) is 0. The standard InChI is InChI=1S/C97H172O16P2/c1-4-7-10-13-16-19-22-25-27-29-31-33-35-37-39-41-43-45-47-49-51-53-55-57-59-61-63-66-68-71-74-77-80-83-95(100)107-86-92(98)87-109-114(103,104)110-88-93(99)89-111-115(105,106)112-91-94(113-97(102)85-82-79-76-73-70-65-24-21-18-15-12-9-6-3)90-108-96(101)84-81-78-75-72-69-67-64-62-60-58-56-54-52-50-48-46-44-42-40-38-36-34-32-30-28-26-23-20-17-14-11-8-5-2/h7,10,16-17,19-21,24-28,31-34,37-40,92-94,98-99H,4-6,8-9,11-15,18,22-23,29-30,35-36,41-91H2,1-3H3,(H,103,104)(H,105,106)/b10-7-,19-16-,20-17-,24-21-,27-25-,28-26-,33-31-,34-32-,39-37-,40-38-. The lowest BCUT2D eigenvalue weighted by Gasteiger charge is -2.21. The van der Waals surface area contributed by atoms with Crippen molar-refractivity contribution in [2.75, 3.05) is 39.6 Å². The van der Waals surface area contributed by atoms with Crippen molar-refractivity contribution < 1.29 is 75.8 Å². The minimum Gasteiger partial charge on any atom is -0.463 e. The summed E-state index contributed by atoms with van der Waals surface area (Å²) in [5.74, 6) is -1.56. The Morgan fingerprint density at radius 3 is 0.757 bits per heavy atom. The SMILES string of the molecule is CC/C=C\C/C=C\C/C=C\C/C=C\C/C=C\CCCCCCCCCCCCCCCCCCCC(=O)OCC(O)COP(=O)(O)OCC(O)COP(=O)(O)OCC(COC(=O)CCCCCCCCCCCCCCCCCCC/C=C\C/C=C\C/C=C\C/C=C\CCCCC)OC(=O)CCCCCCC/C=C\CCCCCC. The van der Waals surface area contributed by atoms with Gasteiger partial charge in [0.1, 0.15) is 25.4 Å². The molecule has 0 fully saturated rings. The molecule has 0 radical (unpaired) electrons. The van der Waals surface area contributed by atoms with Gasteiger partial charge in [0.15, 0.2) is 6.10 Å². The molecule has 0 aliphatic rings. The van der Waals surface area contributed by atoms with Gasteiger partial charge in [-0.15, -0.1) is 0 Å². The van der Waals surface area contributed by atoms with Crippen molar-refractivity contribution in [3.63, 3.8) is 0 Å². The van der Waals surface area contributed by atoms with Crippen molar-refractivity contribution in [2.45, 2.75) is 437 Å². The molecule has 5 atom stereocenters. The molecule has 0 aromatic carbocycles. The van der Waals surface area contributed by atoms with Gasteiger partial charge in [-0.1, -0.05) is 386 Å². The fraction of sp³-hybridized carbons (Fsp3) is 0.763. The number of ether oxygens (including phenoxy) is 3. The molecule has 0 spiro atoms. The summed E-state index contributed by atoms with van der Waals surface area (Å²) >= 11 is 0. The number of phosphoric acid groups is 2. The molecule has 0 aliphatic carbocycles. The van der Waals surface area contributed by atoms with E-state index in [1.165, 1.54) is 231 Å². The predicted octanol–water partition coefficient (Wildman–Crippen LogP) is 28.8. The van der Waals surface area contributed by atoms with Crippen LogP contribution in [0.3, 0.4) is 0 Å². The highest BCUT2D eigenvalue weighted by atomic mass is 31.2. The van der Waals surface area contributed by atoms with Crippen molar-refractivity contribution >= 4 is 33.6 Å². The maximum absolute atomic E-state index is 13.0. The number of aliphatic hydroxyl groups excluding tert-OH is 2. The Hall–Kier alpha value is -4.05. The molecular weight excluding hydrogens is 1480 g/mol. The van der Waals surface area contributed by atoms with Crippen LogP contribution in [0.1, 0.15) is 419 Å². The van der Waals surface area contributed by atoms with E-state index in [0.29, 0.717) is 19.3 Å². The highest BCUT2D eigenvalue weighted by molar-refractivity contribution is 7.47. The van der Waals surface area contributed by atoms with E-state index >= 15 is 0 Å². The molecule has 0 amide bonds. The van der Waals surface area contributed by atoms with Gasteiger partial charge in [-0.3, -0.25) is 32.5 Å². The third-order valence-corrected chi connectivity index (χ3v) is 22.0. The molecule has 0 rings (SSSR count). The molecule has 0 saturated carbocycles. The third-order valence-electron chi connectivity index (χ3n) is 20.1. The zero-order valence-corrected chi connectivity index (χ0v) is 75.2. The molecule has 5 unspecified atom stereocenters. The Labute approximate surface area is 703 Å². The lowest BCUT2D eigenvalue weighted by atomic mass is 10.0.